The van der Waals surface area contributed by atoms with Gasteiger partial charge in [-0.2, -0.15) is 0 Å². The molecule has 2 N–H and O–H groups in total. The molecule has 0 atom stereocenters. The zero-order valence-electron chi connectivity index (χ0n) is 16.8. The largest absolute Gasteiger partial charge is 0.504 e. The van der Waals surface area contributed by atoms with E-state index in [4.69, 9.17) is 4.74 Å². The molecule has 5 nitrogen and oxygen atoms in total. The summed E-state index contributed by atoms with van der Waals surface area (Å²) in [5.74, 6) is 0.672. The van der Waals surface area contributed by atoms with Crippen LogP contribution in [0.2, 0.25) is 0 Å². The lowest BCUT2D eigenvalue weighted by Crippen LogP contribution is -2.27. The smallest absolute Gasteiger partial charge is 0.227 e. The first kappa shape index (κ1) is 20.3. The number of ether oxygens (including phenoxy) is 1. The monoisotopic (exact) mass is 390 g/mol. The molecule has 0 aliphatic carbocycles. The molecule has 3 aromatic carbocycles. The molecule has 0 aliphatic heterocycles. The van der Waals surface area contributed by atoms with E-state index in [2.05, 4.69) is 5.32 Å². The Hall–Kier alpha value is -3.47. The molecule has 0 aromatic heterocycles. The molecule has 5 heteroatoms. The number of benzene rings is 3. The van der Waals surface area contributed by atoms with Crippen LogP contribution < -0.4 is 10.1 Å². The molecule has 0 saturated heterocycles. The summed E-state index contributed by atoms with van der Waals surface area (Å²) in [6.07, 6.45) is 0.374. The molecular weight excluding hydrogens is 364 g/mol. The van der Waals surface area contributed by atoms with Crippen LogP contribution in [0.1, 0.15) is 16.7 Å². The maximum Gasteiger partial charge on any atom is 0.227 e. The molecule has 3 aromatic rings. The number of methoxy groups -OCH3 is 1. The topological polar surface area (TPSA) is 61.8 Å². The van der Waals surface area contributed by atoms with Gasteiger partial charge in [-0.25, -0.2) is 0 Å². The lowest BCUT2D eigenvalue weighted by atomic mass is 10.1. The third-order valence-electron chi connectivity index (χ3n) is 4.74. The van der Waals surface area contributed by atoms with Gasteiger partial charge in [-0.05, 0) is 41.0 Å². The van der Waals surface area contributed by atoms with Gasteiger partial charge in [0.15, 0.2) is 11.5 Å². The van der Waals surface area contributed by atoms with Crippen molar-refractivity contribution in [2.24, 2.45) is 0 Å². The maximum absolute atomic E-state index is 12.5. The summed E-state index contributed by atoms with van der Waals surface area (Å²) in [7, 11) is 3.36. The first-order chi connectivity index (χ1) is 14.0. The number of phenols is 1. The molecule has 0 spiro atoms. The van der Waals surface area contributed by atoms with Crippen LogP contribution in [0.5, 0.6) is 11.5 Å². The Balaban J connectivity index is 1.52. The number of aromatic hydroxyl groups is 1. The van der Waals surface area contributed by atoms with E-state index < -0.39 is 0 Å². The van der Waals surface area contributed by atoms with Crippen molar-refractivity contribution in [2.75, 3.05) is 19.5 Å². The Morgan fingerprint density at radius 2 is 1.66 bits per heavy atom. The standard InChI is InChI=1S/C24H26N2O3/c1-26(17-19-6-4-3-5-7-19)24(28)15-18-8-11-21(12-9-18)25-16-20-10-13-22(27)23(14-20)29-2/h3-14,25,27H,15-17H2,1-2H3. The van der Waals surface area contributed by atoms with Gasteiger partial charge in [0.2, 0.25) is 5.91 Å². The Bertz CT molecular complexity index is 940. The fourth-order valence-electron chi connectivity index (χ4n) is 3.03. The summed E-state index contributed by atoms with van der Waals surface area (Å²) >= 11 is 0. The Labute approximate surface area is 171 Å². The number of rotatable bonds is 8. The number of phenolic OH excluding ortho intramolecular Hbond substituents is 1. The normalized spacial score (nSPS) is 10.4. The number of nitrogens with one attached hydrogen (secondary N) is 1. The van der Waals surface area contributed by atoms with Crippen LogP contribution in [0.4, 0.5) is 5.69 Å². The highest BCUT2D eigenvalue weighted by molar-refractivity contribution is 5.78. The van der Waals surface area contributed by atoms with Crippen LogP contribution in [-0.4, -0.2) is 30.1 Å². The van der Waals surface area contributed by atoms with Gasteiger partial charge in [-0.1, -0.05) is 48.5 Å². The van der Waals surface area contributed by atoms with Crippen LogP contribution in [0.3, 0.4) is 0 Å². The van der Waals surface area contributed by atoms with Crippen molar-refractivity contribution in [1.82, 2.24) is 4.90 Å². The van der Waals surface area contributed by atoms with E-state index in [0.717, 1.165) is 22.4 Å². The second kappa shape index (κ2) is 9.64. The third kappa shape index (κ3) is 5.75. The van der Waals surface area contributed by atoms with Gasteiger partial charge >= 0.3 is 0 Å². The van der Waals surface area contributed by atoms with E-state index in [1.165, 1.54) is 7.11 Å². The lowest BCUT2D eigenvalue weighted by Gasteiger charge is -2.17. The van der Waals surface area contributed by atoms with Crippen LogP contribution in [0, 0.1) is 0 Å². The first-order valence-electron chi connectivity index (χ1n) is 9.52. The van der Waals surface area contributed by atoms with Crippen LogP contribution in [0.15, 0.2) is 72.8 Å². The molecule has 0 bridgehead atoms. The van der Waals surface area contributed by atoms with Gasteiger partial charge in [0.25, 0.3) is 0 Å². The lowest BCUT2D eigenvalue weighted by molar-refractivity contribution is -0.129. The second-order valence-corrected chi connectivity index (χ2v) is 6.97. The number of anilines is 1. The summed E-state index contributed by atoms with van der Waals surface area (Å²) in [6, 6.07) is 23.1. The maximum atomic E-state index is 12.5. The predicted molar refractivity (Wildman–Crippen MR) is 115 cm³/mol. The molecule has 0 radical (unpaired) electrons. The average molecular weight is 390 g/mol. The van der Waals surface area contributed by atoms with Gasteiger partial charge in [-0.3, -0.25) is 4.79 Å². The Morgan fingerprint density at radius 1 is 0.966 bits per heavy atom. The second-order valence-electron chi connectivity index (χ2n) is 6.97. The van der Waals surface area contributed by atoms with E-state index in [9.17, 15) is 9.90 Å². The molecule has 0 aliphatic rings. The highest BCUT2D eigenvalue weighted by atomic mass is 16.5. The van der Waals surface area contributed by atoms with E-state index in [-0.39, 0.29) is 11.7 Å². The summed E-state index contributed by atoms with van der Waals surface area (Å²) < 4.78 is 5.13. The van der Waals surface area contributed by atoms with E-state index in [1.54, 1.807) is 17.0 Å². The first-order valence-corrected chi connectivity index (χ1v) is 9.52. The predicted octanol–water partition coefficient (Wildman–Crippen LogP) is 4.21. The molecular formula is C24H26N2O3. The fourth-order valence-corrected chi connectivity index (χ4v) is 3.03. The molecule has 150 valence electrons. The van der Waals surface area contributed by atoms with Gasteiger partial charge in [0.05, 0.1) is 13.5 Å². The number of likely N-dealkylation sites (N-methyl/N-ethyl adjacent to an activating group) is 1. The van der Waals surface area contributed by atoms with Crippen molar-refractivity contribution in [3.63, 3.8) is 0 Å². The Kier molecular flexibility index (Phi) is 6.74. The van der Waals surface area contributed by atoms with Crippen LogP contribution in [-0.2, 0) is 24.3 Å². The SMILES string of the molecule is COc1cc(CNc2ccc(CC(=O)N(C)Cc3ccccc3)cc2)ccc1O. The van der Waals surface area contributed by atoms with Crippen LogP contribution in [0.25, 0.3) is 0 Å². The number of hydrogen-bond donors (Lipinski definition) is 2. The van der Waals surface area contributed by atoms with Crippen LogP contribution >= 0.6 is 0 Å². The highest BCUT2D eigenvalue weighted by Gasteiger charge is 2.10. The molecule has 0 fully saturated rings. The van der Waals surface area contributed by atoms with Crippen molar-refractivity contribution in [3.8, 4) is 11.5 Å². The number of nitrogens with zero attached hydrogens (tertiary/aromatic N) is 1. The summed E-state index contributed by atoms with van der Waals surface area (Å²) in [6.45, 7) is 1.21. The molecule has 0 unspecified atom stereocenters. The van der Waals surface area contributed by atoms with E-state index in [0.29, 0.717) is 25.3 Å². The van der Waals surface area contributed by atoms with Gasteiger partial charge < -0.3 is 20.1 Å². The van der Waals surface area contributed by atoms with Crippen molar-refractivity contribution >= 4 is 11.6 Å². The van der Waals surface area contributed by atoms with Gasteiger partial charge in [-0.15, -0.1) is 0 Å². The summed E-state index contributed by atoms with van der Waals surface area (Å²) in [5.41, 5.74) is 4.06. The minimum atomic E-state index is 0.0887. The summed E-state index contributed by atoms with van der Waals surface area (Å²) in [4.78, 5) is 14.2. The van der Waals surface area contributed by atoms with Gasteiger partial charge in [0.1, 0.15) is 0 Å². The van der Waals surface area contributed by atoms with Gasteiger partial charge in [0, 0.05) is 25.8 Å². The molecule has 29 heavy (non-hydrogen) atoms. The minimum absolute atomic E-state index is 0.0887. The molecule has 3 rings (SSSR count). The summed E-state index contributed by atoms with van der Waals surface area (Å²) in [5, 5.41) is 13.0. The zero-order valence-corrected chi connectivity index (χ0v) is 16.8. The number of amides is 1. The van der Waals surface area contributed by atoms with Crippen molar-refractivity contribution < 1.29 is 14.6 Å². The van der Waals surface area contributed by atoms with Crippen molar-refractivity contribution in [1.29, 1.82) is 0 Å². The van der Waals surface area contributed by atoms with E-state index >= 15 is 0 Å². The number of carbonyl (C=O) groups is 1. The molecule has 1 amide bonds. The Morgan fingerprint density at radius 3 is 2.34 bits per heavy atom. The highest BCUT2D eigenvalue weighted by Crippen LogP contribution is 2.26. The molecule has 0 saturated carbocycles. The zero-order chi connectivity index (χ0) is 20.6. The number of hydrogen-bond acceptors (Lipinski definition) is 4. The molecule has 0 heterocycles. The quantitative estimate of drug-likeness (QED) is 0.605. The average Bonchev–Trinajstić information content (AvgIpc) is 2.74. The van der Waals surface area contributed by atoms with Crippen molar-refractivity contribution in [2.45, 2.75) is 19.5 Å². The number of carbonyl (C=O) groups excluding carboxylic acids is 1. The van der Waals surface area contributed by atoms with E-state index in [1.807, 2.05) is 67.7 Å². The van der Waals surface area contributed by atoms with Crippen molar-refractivity contribution in [3.05, 3.63) is 89.5 Å². The third-order valence-corrected chi connectivity index (χ3v) is 4.74. The fraction of sp³-hybridized carbons (Fsp3) is 0.208. The minimum Gasteiger partial charge on any atom is -0.504 e.